The molecular weight excluding hydrogens is 268 g/mol. The molecular formula is C16H22N2O3. The van der Waals surface area contributed by atoms with Gasteiger partial charge in [0.1, 0.15) is 0 Å². The van der Waals surface area contributed by atoms with E-state index in [2.05, 4.69) is 0 Å². The van der Waals surface area contributed by atoms with Gasteiger partial charge in [0.25, 0.3) is 0 Å². The van der Waals surface area contributed by atoms with Crippen molar-refractivity contribution < 1.29 is 14.7 Å². The first-order chi connectivity index (χ1) is 9.97. The van der Waals surface area contributed by atoms with Crippen molar-refractivity contribution >= 4 is 12.0 Å². The van der Waals surface area contributed by atoms with Gasteiger partial charge in [-0.25, -0.2) is 4.79 Å². The summed E-state index contributed by atoms with van der Waals surface area (Å²) in [6.45, 7) is 2.85. The van der Waals surface area contributed by atoms with Crippen LogP contribution in [0, 0.1) is 6.92 Å². The van der Waals surface area contributed by atoms with Crippen LogP contribution >= 0.6 is 0 Å². The molecule has 114 valence electrons. The van der Waals surface area contributed by atoms with Gasteiger partial charge in [-0.3, -0.25) is 4.79 Å². The number of amides is 2. The summed E-state index contributed by atoms with van der Waals surface area (Å²) in [6.07, 6.45) is 1.95. The van der Waals surface area contributed by atoms with Crippen LogP contribution in [0.2, 0.25) is 0 Å². The van der Waals surface area contributed by atoms with E-state index in [4.69, 9.17) is 5.11 Å². The van der Waals surface area contributed by atoms with E-state index in [1.165, 1.54) is 5.56 Å². The Balaban J connectivity index is 1.95. The van der Waals surface area contributed by atoms with Crippen LogP contribution in [0.1, 0.15) is 30.4 Å². The van der Waals surface area contributed by atoms with Crippen molar-refractivity contribution in [1.29, 1.82) is 0 Å². The predicted octanol–water partition coefficient (Wildman–Crippen LogP) is 2.49. The van der Waals surface area contributed by atoms with Gasteiger partial charge in [-0.15, -0.1) is 0 Å². The van der Waals surface area contributed by atoms with Gasteiger partial charge in [-0.1, -0.05) is 29.8 Å². The Morgan fingerprint density at radius 3 is 2.38 bits per heavy atom. The Hall–Kier alpha value is -2.04. The minimum atomic E-state index is -0.866. The highest BCUT2D eigenvalue weighted by Gasteiger charge is 2.34. The van der Waals surface area contributed by atoms with Gasteiger partial charge < -0.3 is 14.9 Å². The second-order valence-electron chi connectivity index (χ2n) is 5.69. The number of carboxylic acid groups (broad SMARTS) is 1. The lowest BCUT2D eigenvalue weighted by atomic mass is 10.1. The normalized spacial score (nSPS) is 13.8. The molecule has 21 heavy (non-hydrogen) atoms. The minimum absolute atomic E-state index is 0.000607. The molecule has 0 bridgehead atoms. The van der Waals surface area contributed by atoms with E-state index in [1.54, 1.807) is 16.8 Å². The molecule has 1 fully saturated rings. The van der Waals surface area contributed by atoms with Crippen LogP contribution in [0.4, 0.5) is 4.79 Å². The average Bonchev–Trinajstić information content (AvgIpc) is 3.25. The highest BCUT2D eigenvalue weighted by Crippen LogP contribution is 2.28. The zero-order valence-electron chi connectivity index (χ0n) is 12.6. The van der Waals surface area contributed by atoms with Gasteiger partial charge >= 0.3 is 12.0 Å². The standard InChI is InChI=1S/C16H22N2O3/c1-12-3-5-13(6-4-12)11-17(2)16(21)18(14-7-8-14)10-9-15(19)20/h3-6,14H,7-11H2,1-2H3,(H,19,20). The van der Waals surface area contributed by atoms with Gasteiger partial charge in [0.2, 0.25) is 0 Å². The minimum Gasteiger partial charge on any atom is -0.481 e. The molecule has 0 radical (unpaired) electrons. The molecule has 1 aliphatic rings. The Bertz CT molecular complexity index is 509. The fourth-order valence-corrected chi connectivity index (χ4v) is 2.29. The fourth-order valence-electron chi connectivity index (χ4n) is 2.29. The van der Waals surface area contributed by atoms with Crippen LogP contribution in [0.3, 0.4) is 0 Å². The number of aliphatic carboxylic acids is 1. The second kappa shape index (κ2) is 6.61. The van der Waals surface area contributed by atoms with Crippen molar-refractivity contribution in [3.8, 4) is 0 Å². The van der Waals surface area contributed by atoms with E-state index < -0.39 is 5.97 Å². The van der Waals surface area contributed by atoms with Crippen molar-refractivity contribution in [2.75, 3.05) is 13.6 Å². The third kappa shape index (κ3) is 4.48. The van der Waals surface area contributed by atoms with Gasteiger partial charge in [0.15, 0.2) is 0 Å². The van der Waals surface area contributed by atoms with Gasteiger partial charge in [-0.05, 0) is 25.3 Å². The molecule has 1 saturated carbocycles. The van der Waals surface area contributed by atoms with Gasteiger partial charge in [0, 0.05) is 26.2 Å². The summed E-state index contributed by atoms with van der Waals surface area (Å²) in [5.74, 6) is -0.866. The molecule has 1 aromatic rings. The number of aryl methyl sites for hydroxylation is 1. The lowest BCUT2D eigenvalue weighted by Gasteiger charge is -2.28. The molecule has 0 saturated heterocycles. The molecule has 1 aromatic carbocycles. The number of hydrogen-bond donors (Lipinski definition) is 1. The van der Waals surface area contributed by atoms with Crippen LogP contribution in [-0.4, -0.2) is 46.5 Å². The highest BCUT2D eigenvalue weighted by molar-refractivity contribution is 5.76. The van der Waals surface area contributed by atoms with Crippen molar-refractivity contribution in [3.05, 3.63) is 35.4 Å². The Morgan fingerprint density at radius 1 is 1.24 bits per heavy atom. The van der Waals surface area contributed by atoms with E-state index in [0.29, 0.717) is 6.54 Å². The van der Waals surface area contributed by atoms with Gasteiger partial charge in [0.05, 0.1) is 6.42 Å². The number of carboxylic acids is 1. The fraction of sp³-hybridized carbons (Fsp3) is 0.500. The summed E-state index contributed by atoms with van der Waals surface area (Å²) < 4.78 is 0. The zero-order valence-corrected chi connectivity index (χ0v) is 12.6. The maximum atomic E-state index is 12.5. The lowest BCUT2D eigenvalue weighted by molar-refractivity contribution is -0.137. The van der Waals surface area contributed by atoms with Crippen LogP contribution in [0.25, 0.3) is 0 Å². The largest absolute Gasteiger partial charge is 0.481 e. The van der Waals surface area contributed by atoms with Crippen molar-refractivity contribution in [3.63, 3.8) is 0 Å². The zero-order chi connectivity index (χ0) is 15.4. The summed E-state index contributed by atoms with van der Waals surface area (Å²) in [6, 6.07) is 8.21. The van der Waals surface area contributed by atoms with Crippen LogP contribution < -0.4 is 0 Å². The van der Waals surface area contributed by atoms with E-state index in [9.17, 15) is 9.59 Å². The number of carbonyl (C=O) groups is 2. The molecule has 0 aromatic heterocycles. The number of carbonyl (C=O) groups excluding carboxylic acids is 1. The first-order valence-electron chi connectivity index (χ1n) is 7.26. The van der Waals surface area contributed by atoms with E-state index in [1.807, 2.05) is 31.2 Å². The molecule has 0 heterocycles. The smallest absolute Gasteiger partial charge is 0.320 e. The monoisotopic (exact) mass is 290 g/mol. The molecule has 0 aliphatic heterocycles. The molecule has 2 rings (SSSR count). The molecule has 2 amide bonds. The van der Waals surface area contributed by atoms with Crippen molar-refractivity contribution in [1.82, 2.24) is 9.80 Å². The number of hydrogen-bond acceptors (Lipinski definition) is 2. The molecule has 5 nitrogen and oxygen atoms in total. The van der Waals surface area contributed by atoms with E-state index >= 15 is 0 Å². The lowest BCUT2D eigenvalue weighted by Crippen LogP contribution is -2.43. The number of urea groups is 1. The molecule has 0 atom stereocenters. The van der Waals surface area contributed by atoms with Crippen molar-refractivity contribution in [2.45, 2.75) is 38.8 Å². The average molecular weight is 290 g/mol. The Kier molecular flexibility index (Phi) is 4.83. The maximum Gasteiger partial charge on any atom is 0.320 e. The van der Waals surface area contributed by atoms with Crippen LogP contribution in [-0.2, 0) is 11.3 Å². The summed E-state index contributed by atoms with van der Waals surface area (Å²) in [4.78, 5) is 26.5. The Morgan fingerprint density at radius 2 is 1.86 bits per heavy atom. The van der Waals surface area contributed by atoms with Gasteiger partial charge in [-0.2, -0.15) is 0 Å². The summed E-state index contributed by atoms with van der Waals surface area (Å²) in [5.41, 5.74) is 2.26. The first kappa shape index (κ1) is 15.4. The molecule has 0 spiro atoms. The van der Waals surface area contributed by atoms with Crippen LogP contribution in [0.15, 0.2) is 24.3 Å². The predicted molar refractivity (Wildman–Crippen MR) is 80.0 cm³/mol. The first-order valence-corrected chi connectivity index (χ1v) is 7.26. The Labute approximate surface area is 125 Å². The third-order valence-corrected chi connectivity index (χ3v) is 3.67. The molecule has 1 aliphatic carbocycles. The molecule has 0 unspecified atom stereocenters. The van der Waals surface area contributed by atoms with Crippen molar-refractivity contribution in [2.24, 2.45) is 0 Å². The molecule has 5 heteroatoms. The number of benzene rings is 1. The van der Waals surface area contributed by atoms with E-state index in [-0.39, 0.29) is 25.0 Å². The summed E-state index contributed by atoms with van der Waals surface area (Å²) in [5, 5.41) is 8.79. The summed E-state index contributed by atoms with van der Waals surface area (Å²) in [7, 11) is 1.76. The van der Waals surface area contributed by atoms with Crippen LogP contribution in [0.5, 0.6) is 0 Å². The number of nitrogens with zero attached hydrogens (tertiary/aromatic N) is 2. The highest BCUT2D eigenvalue weighted by atomic mass is 16.4. The topological polar surface area (TPSA) is 60.9 Å². The SMILES string of the molecule is Cc1ccc(CN(C)C(=O)N(CCC(=O)O)C2CC2)cc1. The second-order valence-corrected chi connectivity index (χ2v) is 5.69. The quantitative estimate of drug-likeness (QED) is 0.875. The maximum absolute atomic E-state index is 12.5. The third-order valence-electron chi connectivity index (χ3n) is 3.67. The van der Waals surface area contributed by atoms with E-state index in [0.717, 1.165) is 18.4 Å². The summed E-state index contributed by atoms with van der Waals surface area (Å²) >= 11 is 0. The number of rotatable bonds is 6. The molecule has 1 N–H and O–H groups in total.